The summed E-state index contributed by atoms with van der Waals surface area (Å²) in [5, 5.41) is 0.540. The molecule has 0 radical (unpaired) electrons. The van der Waals surface area contributed by atoms with Crippen LogP contribution in [0.5, 0.6) is 11.5 Å². The number of fused-ring (bicyclic) bond motifs is 1. The molecule has 0 unspecified atom stereocenters. The molecule has 0 saturated carbocycles. The van der Waals surface area contributed by atoms with Crippen molar-refractivity contribution in [1.82, 2.24) is 4.57 Å². The molecule has 6 nitrogen and oxygen atoms in total. The summed E-state index contributed by atoms with van der Waals surface area (Å²) in [5.41, 5.74) is 9.51. The molecule has 0 fully saturated rings. The van der Waals surface area contributed by atoms with Crippen LogP contribution >= 0.6 is 11.6 Å². The first kappa shape index (κ1) is 17.3. The van der Waals surface area contributed by atoms with Crippen molar-refractivity contribution in [3.8, 4) is 22.6 Å². The molecule has 0 aliphatic carbocycles. The predicted octanol–water partition coefficient (Wildman–Crippen LogP) is 3.95. The maximum atomic E-state index is 12.3. The quantitative estimate of drug-likeness (QED) is 0.544. The minimum absolute atomic E-state index is 0.174. The maximum absolute atomic E-state index is 12.3. The van der Waals surface area contributed by atoms with Crippen LogP contribution < -0.4 is 15.2 Å². The number of nitrogen functional groups attached to an aromatic ring is 1. The zero-order valence-electron chi connectivity index (χ0n) is 14.6. The number of ether oxygens (including phenoxy) is 3. The van der Waals surface area contributed by atoms with Gasteiger partial charge in [0.25, 0.3) is 0 Å². The third kappa shape index (κ3) is 3.31. The van der Waals surface area contributed by atoms with Gasteiger partial charge in [0.15, 0.2) is 11.5 Å². The van der Waals surface area contributed by atoms with Gasteiger partial charge in [0.2, 0.25) is 6.79 Å². The molecule has 1 aliphatic heterocycles. The molecule has 1 aliphatic rings. The Bertz CT molecular complexity index is 1010. The zero-order valence-corrected chi connectivity index (χ0v) is 15.3. The first-order valence-electron chi connectivity index (χ1n) is 8.27. The first-order chi connectivity index (χ1) is 13.0. The third-order valence-corrected chi connectivity index (χ3v) is 4.77. The van der Waals surface area contributed by atoms with Crippen molar-refractivity contribution in [1.29, 1.82) is 0 Å². The van der Waals surface area contributed by atoms with Crippen LogP contribution in [0.25, 0.3) is 11.1 Å². The van der Waals surface area contributed by atoms with E-state index in [4.69, 9.17) is 31.5 Å². The van der Waals surface area contributed by atoms with E-state index >= 15 is 0 Å². The number of halogens is 1. The van der Waals surface area contributed by atoms with Crippen molar-refractivity contribution < 1.29 is 19.0 Å². The summed E-state index contributed by atoms with van der Waals surface area (Å²) in [6.45, 7) is 0.558. The second kappa shape index (κ2) is 6.89. The molecular formula is C20H17ClN2O4. The van der Waals surface area contributed by atoms with Gasteiger partial charge in [0, 0.05) is 35.1 Å². The number of aromatic nitrogens is 1. The van der Waals surface area contributed by atoms with E-state index < -0.39 is 5.97 Å². The number of anilines is 1. The third-order valence-electron chi connectivity index (χ3n) is 4.42. The standard InChI is InChI=1S/C20H17ClN2O4/c1-25-20(24)17-6-13(12-2-4-15(22)5-3-12)9-23(17)10-14-7-18-19(8-16(14)21)27-11-26-18/h2-9H,10-11,22H2,1H3. The number of hydrogen-bond acceptors (Lipinski definition) is 5. The van der Waals surface area contributed by atoms with E-state index in [1.54, 1.807) is 16.7 Å². The van der Waals surface area contributed by atoms with Gasteiger partial charge in [-0.1, -0.05) is 23.7 Å². The molecule has 3 aromatic rings. The number of methoxy groups -OCH3 is 1. The Hall–Kier alpha value is -3.12. The van der Waals surface area contributed by atoms with Gasteiger partial charge in [-0.05, 0) is 35.4 Å². The largest absolute Gasteiger partial charge is 0.464 e. The topological polar surface area (TPSA) is 75.7 Å². The van der Waals surface area contributed by atoms with Crippen LogP contribution in [0.2, 0.25) is 5.02 Å². The lowest BCUT2D eigenvalue weighted by Crippen LogP contribution is -2.10. The van der Waals surface area contributed by atoms with E-state index in [2.05, 4.69) is 0 Å². The molecule has 2 N–H and O–H groups in total. The lowest BCUT2D eigenvalue weighted by Gasteiger charge is -2.10. The van der Waals surface area contributed by atoms with Gasteiger partial charge in [-0.15, -0.1) is 0 Å². The average molecular weight is 385 g/mol. The summed E-state index contributed by atoms with van der Waals surface area (Å²) in [6.07, 6.45) is 1.89. The second-order valence-corrected chi connectivity index (χ2v) is 6.56. The molecule has 0 amide bonds. The summed E-state index contributed by atoms with van der Waals surface area (Å²) in [4.78, 5) is 12.3. The SMILES string of the molecule is COC(=O)c1cc(-c2ccc(N)cc2)cn1Cc1cc2c(cc1Cl)OCO2. The van der Waals surface area contributed by atoms with E-state index in [0.29, 0.717) is 34.4 Å². The Labute approximate surface area is 161 Å². The molecule has 1 aromatic heterocycles. The molecule has 138 valence electrons. The van der Waals surface area contributed by atoms with Gasteiger partial charge in [0.1, 0.15) is 5.69 Å². The Kier molecular flexibility index (Phi) is 4.41. The van der Waals surface area contributed by atoms with Crippen LogP contribution in [0.4, 0.5) is 5.69 Å². The Morgan fingerprint density at radius 2 is 1.85 bits per heavy atom. The highest BCUT2D eigenvalue weighted by molar-refractivity contribution is 6.31. The highest BCUT2D eigenvalue weighted by Gasteiger charge is 2.20. The highest BCUT2D eigenvalue weighted by Crippen LogP contribution is 2.37. The maximum Gasteiger partial charge on any atom is 0.354 e. The first-order valence-corrected chi connectivity index (χ1v) is 8.65. The molecule has 0 spiro atoms. The van der Waals surface area contributed by atoms with Crippen molar-refractivity contribution in [3.63, 3.8) is 0 Å². The van der Waals surface area contributed by atoms with Crippen LogP contribution in [0.3, 0.4) is 0 Å². The van der Waals surface area contributed by atoms with Crippen LogP contribution in [0.15, 0.2) is 48.7 Å². The molecule has 2 heterocycles. The van der Waals surface area contributed by atoms with E-state index in [9.17, 15) is 4.79 Å². The van der Waals surface area contributed by atoms with Gasteiger partial charge in [0.05, 0.1) is 7.11 Å². The fraction of sp³-hybridized carbons (Fsp3) is 0.150. The number of hydrogen-bond donors (Lipinski definition) is 1. The number of nitrogens with two attached hydrogens (primary N) is 1. The average Bonchev–Trinajstić information content (AvgIpc) is 3.29. The predicted molar refractivity (Wildman–Crippen MR) is 102 cm³/mol. The molecule has 2 aromatic carbocycles. The number of carbonyl (C=O) groups is 1. The van der Waals surface area contributed by atoms with Gasteiger partial charge >= 0.3 is 5.97 Å². The summed E-state index contributed by atoms with van der Waals surface area (Å²) in [5.74, 6) is 0.834. The van der Waals surface area contributed by atoms with Gasteiger partial charge in [-0.25, -0.2) is 4.79 Å². The van der Waals surface area contributed by atoms with Crippen LogP contribution in [0.1, 0.15) is 16.1 Å². The van der Waals surface area contributed by atoms with Crippen molar-refractivity contribution in [2.24, 2.45) is 0 Å². The molecule has 4 rings (SSSR count). The molecular weight excluding hydrogens is 368 g/mol. The van der Waals surface area contributed by atoms with Crippen molar-refractivity contribution in [2.75, 3.05) is 19.6 Å². The zero-order chi connectivity index (χ0) is 19.0. The van der Waals surface area contributed by atoms with Gasteiger partial charge in [-0.3, -0.25) is 0 Å². The summed E-state index contributed by atoms with van der Waals surface area (Å²) in [6, 6.07) is 12.8. The highest BCUT2D eigenvalue weighted by atomic mass is 35.5. The Morgan fingerprint density at radius 1 is 1.15 bits per heavy atom. The molecule has 7 heteroatoms. The van der Waals surface area contributed by atoms with Crippen LogP contribution in [-0.2, 0) is 11.3 Å². The minimum atomic E-state index is -0.423. The summed E-state index contributed by atoms with van der Waals surface area (Å²) < 4.78 is 17.5. The Morgan fingerprint density at radius 3 is 2.56 bits per heavy atom. The number of benzene rings is 2. The fourth-order valence-corrected chi connectivity index (χ4v) is 3.23. The second-order valence-electron chi connectivity index (χ2n) is 6.15. The van der Waals surface area contributed by atoms with E-state index in [0.717, 1.165) is 16.7 Å². The molecule has 0 atom stereocenters. The Balaban J connectivity index is 1.73. The lowest BCUT2D eigenvalue weighted by molar-refractivity contribution is 0.0589. The van der Waals surface area contributed by atoms with E-state index in [1.165, 1.54) is 7.11 Å². The smallest absolute Gasteiger partial charge is 0.354 e. The van der Waals surface area contributed by atoms with Gasteiger partial charge in [-0.2, -0.15) is 0 Å². The number of nitrogens with zero attached hydrogens (tertiary/aromatic N) is 1. The summed E-state index contributed by atoms with van der Waals surface area (Å²) in [7, 11) is 1.36. The summed E-state index contributed by atoms with van der Waals surface area (Å²) >= 11 is 6.39. The van der Waals surface area contributed by atoms with E-state index in [-0.39, 0.29) is 6.79 Å². The van der Waals surface area contributed by atoms with E-state index in [1.807, 2.05) is 36.5 Å². The van der Waals surface area contributed by atoms with Crippen LogP contribution in [-0.4, -0.2) is 24.4 Å². The lowest BCUT2D eigenvalue weighted by atomic mass is 10.1. The minimum Gasteiger partial charge on any atom is -0.464 e. The van der Waals surface area contributed by atoms with Crippen molar-refractivity contribution in [3.05, 3.63) is 64.9 Å². The number of esters is 1. The molecule has 27 heavy (non-hydrogen) atoms. The fourth-order valence-electron chi connectivity index (χ4n) is 3.01. The monoisotopic (exact) mass is 384 g/mol. The van der Waals surface area contributed by atoms with Gasteiger partial charge < -0.3 is 24.5 Å². The normalized spacial score (nSPS) is 12.2. The number of rotatable bonds is 4. The van der Waals surface area contributed by atoms with Crippen LogP contribution in [0, 0.1) is 0 Å². The molecule has 0 saturated heterocycles. The van der Waals surface area contributed by atoms with Crippen molar-refractivity contribution in [2.45, 2.75) is 6.54 Å². The molecule has 0 bridgehead atoms. The number of carbonyl (C=O) groups excluding carboxylic acids is 1. The van der Waals surface area contributed by atoms with Crippen molar-refractivity contribution >= 4 is 23.3 Å².